The quantitative estimate of drug-likeness (QED) is 0.330. The molecule has 1 rings (SSSR count). The van der Waals surface area contributed by atoms with Crippen molar-refractivity contribution in [2.45, 2.75) is 0 Å². The predicted octanol–water partition coefficient (Wildman–Crippen LogP) is 0.0170. The first-order chi connectivity index (χ1) is 7.95. The molecule has 0 fully saturated rings. The highest BCUT2D eigenvalue weighted by Crippen LogP contribution is 2.27. The molecule has 0 spiro atoms. The average molecular weight is 238 g/mol. The van der Waals surface area contributed by atoms with Gasteiger partial charge in [0.05, 0.1) is 12.0 Å². The SMILES string of the molecule is COc1cc(C(=O)N=C(N)N)ccc1[N+](=O)[O-]. The van der Waals surface area contributed by atoms with Gasteiger partial charge in [-0.2, -0.15) is 4.99 Å². The Labute approximate surface area is 96.0 Å². The number of hydrogen-bond acceptors (Lipinski definition) is 4. The second kappa shape index (κ2) is 4.92. The van der Waals surface area contributed by atoms with Crippen LogP contribution >= 0.6 is 0 Å². The van der Waals surface area contributed by atoms with Crippen LogP contribution in [0.1, 0.15) is 10.4 Å². The van der Waals surface area contributed by atoms with E-state index >= 15 is 0 Å². The molecule has 4 N–H and O–H groups in total. The zero-order valence-corrected chi connectivity index (χ0v) is 8.91. The summed E-state index contributed by atoms with van der Waals surface area (Å²) in [7, 11) is 1.26. The maximum atomic E-state index is 11.4. The summed E-state index contributed by atoms with van der Waals surface area (Å²) in [5.74, 6) is -1.11. The molecule has 0 aliphatic rings. The summed E-state index contributed by atoms with van der Waals surface area (Å²) >= 11 is 0. The van der Waals surface area contributed by atoms with Crippen LogP contribution in [0.15, 0.2) is 23.2 Å². The third-order valence-electron chi connectivity index (χ3n) is 1.85. The van der Waals surface area contributed by atoms with Crippen LogP contribution in [-0.4, -0.2) is 23.9 Å². The topological polar surface area (TPSA) is 134 Å². The third kappa shape index (κ3) is 2.91. The summed E-state index contributed by atoms with van der Waals surface area (Å²) in [6.07, 6.45) is 0. The summed E-state index contributed by atoms with van der Waals surface area (Å²) in [4.78, 5) is 24.7. The Morgan fingerprint density at radius 1 is 1.47 bits per heavy atom. The van der Waals surface area contributed by atoms with Gasteiger partial charge in [0, 0.05) is 17.7 Å². The van der Waals surface area contributed by atoms with Gasteiger partial charge in [0.2, 0.25) is 0 Å². The molecule has 0 aliphatic heterocycles. The maximum Gasteiger partial charge on any atom is 0.310 e. The van der Waals surface area contributed by atoms with E-state index in [9.17, 15) is 14.9 Å². The van der Waals surface area contributed by atoms with E-state index in [1.54, 1.807) is 0 Å². The minimum absolute atomic E-state index is 0.0355. The molecule has 0 saturated carbocycles. The number of nitro benzene ring substituents is 1. The van der Waals surface area contributed by atoms with Crippen molar-refractivity contribution >= 4 is 17.6 Å². The standard InChI is InChI=1S/C9H10N4O4/c1-17-7-4-5(8(14)12-9(10)11)2-3-6(7)13(15)16/h2-4H,1H3,(H4,10,11,12,14). The van der Waals surface area contributed by atoms with Crippen molar-refractivity contribution < 1.29 is 14.5 Å². The van der Waals surface area contributed by atoms with Crippen molar-refractivity contribution in [3.8, 4) is 5.75 Å². The molecule has 1 amide bonds. The predicted molar refractivity (Wildman–Crippen MR) is 59.8 cm³/mol. The zero-order chi connectivity index (χ0) is 13.0. The lowest BCUT2D eigenvalue weighted by Crippen LogP contribution is -2.24. The highest BCUT2D eigenvalue weighted by Gasteiger charge is 2.17. The fraction of sp³-hybridized carbons (Fsp3) is 0.111. The second-order valence-electron chi connectivity index (χ2n) is 2.99. The number of hydrogen-bond donors (Lipinski definition) is 2. The molecule has 1 aromatic rings. The van der Waals surface area contributed by atoms with Crippen molar-refractivity contribution in [2.24, 2.45) is 16.5 Å². The van der Waals surface area contributed by atoms with Crippen LogP contribution in [0, 0.1) is 10.1 Å². The number of nitro groups is 1. The number of guanidine groups is 1. The van der Waals surface area contributed by atoms with E-state index in [0.29, 0.717) is 0 Å². The average Bonchev–Trinajstić information content (AvgIpc) is 2.27. The van der Waals surface area contributed by atoms with E-state index in [1.165, 1.54) is 19.2 Å². The third-order valence-corrected chi connectivity index (χ3v) is 1.85. The van der Waals surface area contributed by atoms with Gasteiger partial charge in [-0.05, 0) is 6.07 Å². The fourth-order valence-corrected chi connectivity index (χ4v) is 1.14. The first-order valence-electron chi connectivity index (χ1n) is 4.42. The number of rotatable bonds is 3. The summed E-state index contributed by atoms with van der Waals surface area (Å²) in [6.45, 7) is 0. The first kappa shape index (κ1) is 12.4. The van der Waals surface area contributed by atoms with E-state index in [-0.39, 0.29) is 23.0 Å². The number of methoxy groups -OCH3 is 1. The minimum Gasteiger partial charge on any atom is -0.490 e. The molecule has 17 heavy (non-hydrogen) atoms. The lowest BCUT2D eigenvalue weighted by atomic mass is 10.2. The van der Waals surface area contributed by atoms with Crippen LogP contribution in [-0.2, 0) is 0 Å². The number of nitrogens with two attached hydrogens (primary N) is 2. The number of ether oxygens (including phenoxy) is 1. The Morgan fingerprint density at radius 2 is 2.12 bits per heavy atom. The highest BCUT2D eigenvalue weighted by molar-refractivity contribution is 6.02. The first-order valence-corrected chi connectivity index (χ1v) is 4.42. The Morgan fingerprint density at radius 3 is 2.59 bits per heavy atom. The number of amides is 1. The van der Waals surface area contributed by atoms with Crippen LogP contribution in [0.4, 0.5) is 5.69 Å². The molecule has 0 atom stereocenters. The Hall–Kier alpha value is -2.64. The Balaban J connectivity index is 3.18. The molecule has 0 bridgehead atoms. The number of carbonyl (C=O) groups is 1. The molecule has 0 aliphatic carbocycles. The summed E-state index contributed by atoms with van der Waals surface area (Å²) in [5, 5.41) is 10.6. The zero-order valence-electron chi connectivity index (χ0n) is 8.91. The van der Waals surface area contributed by atoms with E-state index in [0.717, 1.165) is 6.07 Å². The Bertz CT molecular complexity index is 494. The van der Waals surface area contributed by atoms with Gasteiger partial charge in [-0.3, -0.25) is 14.9 Å². The van der Waals surface area contributed by atoms with Crippen LogP contribution in [0.3, 0.4) is 0 Å². The van der Waals surface area contributed by atoms with Crippen molar-refractivity contribution in [1.82, 2.24) is 0 Å². The van der Waals surface area contributed by atoms with Gasteiger partial charge in [0.15, 0.2) is 11.7 Å². The van der Waals surface area contributed by atoms with Gasteiger partial charge in [0.25, 0.3) is 5.91 Å². The summed E-state index contributed by atoms with van der Waals surface area (Å²) in [6, 6.07) is 3.59. The van der Waals surface area contributed by atoms with Gasteiger partial charge in [0.1, 0.15) is 0 Å². The smallest absolute Gasteiger partial charge is 0.310 e. The molecule has 0 saturated heterocycles. The summed E-state index contributed by atoms with van der Waals surface area (Å²) in [5.41, 5.74) is 9.95. The summed E-state index contributed by atoms with van der Waals surface area (Å²) < 4.78 is 4.80. The molecule has 0 unspecified atom stereocenters. The van der Waals surface area contributed by atoms with Crippen LogP contribution in [0.25, 0.3) is 0 Å². The second-order valence-corrected chi connectivity index (χ2v) is 2.99. The van der Waals surface area contributed by atoms with Gasteiger partial charge in [-0.15, -0.1) is 0 Å². The monoisotopic (exact) mass is 238 g/mol. The molecule has 0 aromatic heterocycles. The molecule has 0 heterocycles. The molecule has 8 nitrogen and oxygen atoms in total. The number of carbonyl (C=O) groups excluding carboxylic acids is 1. The largest absolute Gasteiger partial charge is 0.490 e. The molecular weight excluding hydrogens is 228 g/mol. The molecule has 0 radical (unpaired) electrons. The van der Waals surface area contributed by atoms with Crippen LogP contribution in [0.2, 0.25) is 0 Å². The normalized spacial score (nSPS) is 9.47. The maximum absolute atomic E-state index is 11.4. The minimum atomic E-state index is -0.696. The van der Waals surface area contributed by atoms with E-state index in [1.807, 2.05) is 0 Å². The van der Waals surface area contributed by atoms with Crippen LogP contribution < -0.4 is 16.2 Å². The van der Waals surface area contributed by atoms with Crippen molar-refractivity contribution in [2.75, 3.05) is 7.11 Å². The van der Waals surface area contributed by atoms with Gasteiger partial charge < -0.3 is 16.2 Å². The van der Waals surface area contributed by atoms with Crippen molar-refractivity contribution in [1.29, 1.82) is 0 Å². The van der Waals surface area contributed by atoms with E-state index < -0.39 is 10.8 Å². The van der Waals surface area contributed by atoms with E-state index in [4.69, 9.17) is 16.2 Å². The molecule has 1 aromatic carbocycles. The van der Waals surface area contributed by atoms with Crippen LogP contribution in [0.5, 0.6) is 5.75 Å². The molecule has 90 valence electrons. The number of benzene rings is 1. The fourth-order valence-electron chi connectivity index (χ4n) is 1.14. The lowest BCUT2D eigenvalue weighted by molar-refractivity contribution is -0.385. The molecular formula is C9H10N4O4. The van der Waals surface area contributed by atoms with E-state index in [2.05, 4.69) is 4.99 Å². The van der Waals surface area contributed by atoms with Gasteiger partial charge in [-0.1, -0.05) is 0 Å². The Kier molecular flexibility index (Phi) is 3.60. The lowest BCUT2D eigenvalue weighted by Gasteiger charge is -2.02. The van der Waals surface area contributed by atoms with Gasteiger partial charge in [-0.25, -0.2) is 0 Å². The molecule has 8 heteroatoms. The van der Waals surface area contributed by atoms with Crippen molar-refractivity contribution in [3.05, 3.63) is 33.9 Å². The van der Waals surface area contributed by atoms with Crippen molar-refractivity contribution in [3.63, 3.8) is 0 Å². The number of aliphatic imine (C=N–C) groups is 1. The van der Waals surface area contributed by atoms with Gasteiger partial charge >= 0.3 is 5.69 Å². The number of nitrogens with zero attached hydrogens (tertiary/aromatic N) is 2. The highest BCUT2D eigenvalue weighted by atomic mass is 16.6.